The number of rotatable bonds is 6. The highest BCUT2D eigenvalue weighted by atomic mass is 32.2. The fraction of sp³-hybridized carbons (Fsp3) is 0.0526. The second-order valence-electron chi connectivity index (χ2n) is 5.70. The Bertz CT molecular complexity index is 1060. The smallest absolute Gasteiger partial charge is 0.263 e. The van der Waals surface area contributed by atoms with E-state index in [4.69, 9.17) is 0 Å². The molecule has 2 N–H and O–H groups in total. The lowest BCUT2D eigenvalue weighted by Crippen LogP contribution is -2.13. The van der Waals surface area contributed by atoms with Crippen molar-refractivity contribution in [3.63, 3.8) is 0 Å². The van der Waals surface area contributed by atoms with E-state index in [-0.39, 0.29) is 10.8 Å². The van der Waals surface area contributed by atoms with Crippen LogP contribution in [0.25, 0.3) is 6.08 Å². The minimum absolute atomic E-state index is 0.0889. The summed E-state index contributed by atoms with van der Waals surface area (Å²) in [6.45, 7) is 1.98. The Hall–Kier alpha value is -2.97. The lowest BCUT2D eigenvalue weighted by atomic mass is 10.1. The Morgan fingerprint density at radius 2 is 1.93 bits per heavy atom. The van der Waals surface area contributed by atoms with Gasteiger partial charge in [-0.2, -0.15) is 0 Å². The van der Waals surface area contributed by atoms with E-state index in [2.05, 4.69) is 15.0 Å². The first-order valence-electron chi connectivity index (χ1n) is 8.00. The number of carbonyl (C=O) groups excluding carboxylic acids is 1. The van der Waals surface area contributed by atoms with Crippen LogP contribution in [0.15, 0.2) is 71.1 Å². The maximum absolute atomic E-state index is 12.3. The third-order valence-corrected chi connectivity index (χ3v) is 5.73. The van der Waals surface area contributed by atoms with Gasteiger partial charge in [0.25, 0.3) is 10.0 Å². The van der Waals surface area contributed by atoms with Gasteiger partial charge in [0, 0.05) is 23.3 Å². The van der Waals surface area contributed by atoms with Crippen LogP contribution in [-0.2, 0) is 14.8 Å². The highest BCUT2D eigenvalue weighted by Crippen LogP contribution is 2.19. The Kier molecular flexibility index (Phi) is 5.68. The maximum Gasteiger partial charge on any atom is 0.263 e. The van der Waals surface area contributed by atoms with E-state index >= 15 is 0 Å². The molecule has 0 fully saturated rings. The van der Waals surface area contributed by atoms with Crippen molar-refractivity contribution in [2.75, 3.05) is 10.0 Å². The summed E-state index contributed by atoms with van der Waals surface area (Å²) < 4.78 is 27.0. The predicted molar refractivity (Wildman–Crippen MR) is 108 cm³/mol. The van der Waals surface area contributed by atoms with Gasteiger partial charge in [0.05, 0.1) is 4.90 Å². The number of hydrogen-bond donors (Lipinski definition) is 2. The molecule has 0 saturated heterocycles. The van der Waals surface area contributed by atoms with Crippen LogP contribution < -0.4 is 10.0 Å². The number of thiazole rings is 1. The number of carbonyl (C=O) groups is 1. The summed E-state index contributed by atoms with van der Waals surface area (Å²) in [6.07, 6.45) is 4.67. The summed E-state index contributed by atoms with van der Waals surface area (Å²) in [4.78, 5) is 16.0. The molecular weight excluding hydrogens is 382 g/mol. The molecule has 0 radical (unpaired) electrons. The van der Waals surface area contributed by atoms with Crippen LogP contribution in [0.5, 0.6) is 0 Å². The summed E-state index contributed by atoms with van der Waals surface area (Å²) in [5.41, 5.74) is 2.54. The monoisotopic (exact) mass is 399 g/mol. The maximum atomic E-state index is 12.3. The van der Waals surface area contributed by atoms with E-state index < -0.39 is 10.0 Å². The molecular formula is C19H17N3O3S2. The molecule has 8 heteroatoms. The molecule has 138 valence electrons. The number of anilines is 2. The molecule has 0 aliphatic carbocycles. The summed E-state index contributed by atoms with van der Waals surface area (Å²) in [5.74, 6) is -0.298. The first-order chi connectivity index (χ1) is 12.9. The number of aromatic nitrogens is 1. The predicted octanol–water partition coefficient (Wildman–Crippen LogP) is 3.90. The number of nitrogens with one attached hydrogen (secondary N) is 2. The van der Waals surface area contributed by atoms with Gasteiger partial charge in [-0.25, -0.2) is 13.4 Å². The fourth-order valence-corrected chi connectivity index (χ4v) is 4.08. The molecule has 0 unspecified atom stereocenters. The molecule has 3 aromatic rings. The molecule has 0 atom stereocenters. The van der Waals surface area contributed by atoms with Crippen LogP contribution in [0.4, 0.5) is 10.8 Å². The van der Waals surface area contributed by atoms with Crippen molar-refractivity contribution in [3.8, 4) is 0 Å². The van der Waals surface area contributed by atoms with Crippen molar-refractivity contribution < 1.29 is 13.2 Å². The zero-order valence-corrected chi connectivity index (χ0v) is 16.0. The minimum atomic E-state index is -3.71. The summed E-state index contributed by atoms with van der Waals surface area (Å²) in [5, 5.41) is 4.68. The molecule has 3 rings (SSSR count). The van der Waals surface area contributed by atoms with Crippen LogP contribution in [0.2, 0.25) is 0 Å². The van der Waals surface area contributed by atoms with Gasteiger partial charge >= 0.3 is 0 Å². The third kappa shape index (κ3) is 5.25. The zero-order chi connectivity index (χ0) is 19.3. The van der Waals surface area contributed by atoms with Crippen molar-refractivity contribution in [2.45, 2.75) is 11.8 Å². The van der Waals surface area contributed by atoms with Gasteiger partial charge in [0.15, 0.2) is 5.13 Å². The molecule has 2 aromatic carbocycles. The Balaban J connectivity index is 1.64. The standard InChI is InChI=1S/C19H17N3O3S2/c1-14-3-2-4-15(13-14)5-10-18(23)21-16-6-8-17(9-7-16)27(24,25)22-19-20-11-12-26-19/h2-13H,1H3,(H,20,22)(H,21,23)/b10-5+. The van der Waals surface area contributed by atoms with Crippen molar-refractivity contribution in [1.82, 2.24) is 4.98 Å². The van der Waals surface area contributed by atoms with Crippen molar-refractivity contribution in [1.29, 1.82) is 0 Å². The van der Waals surface area contributed by atoms with Gasteiger partial charge < -0.3 is 5.32 Å². The van der Waals surface area contributed by atoms with Crippen LogP contribution >= 0.6 is 11.3 Å². The number of aryl methyl sites for hydroxylation is 1. The second kappa shape index (κ2) is 8.15. The summed E-state index contributed by atoms with van der Waals surface area (Å²) in [7, 11) is -3.71. The highest BCUT2D eigenvalue weighted by molar-refractivity contribution is 7.93. The lowest BCUT2D eigenvalue weighted by molar-refractivity contribution is -0.111. The number of amides is 1. The Morgan fingerprint density at radius 1 is 1.15 bits per heavy atom. The molecule has 0 bridgehead atoms. The largest absolute Gasteiger partial charge is 0.323 e. The molecule has 0 aliphatic heterocycles. The fourth-order valence-electron chi connectivity index (χ4n) is 2.29. The Labute approximate surface area is 161 Å². The van der Waals surface area contributed by atoms with Gasteiger partial charge in [0.1, 0.15) is 0 Å². The van der Waals surface area contributed by atoms with Gasteiger partial charge in [-0.3, -0.25) is 9.52 Å². The number of hydrogen-bond acceptors (Lipinski definition) is 5. The Morgan fingerprint density at radius 3 is 2.59 bits per heavy atom. The minimum Gasteiger partial charge on any atom is -0.323 e. The SMILES string of the molecule is Cc1cccc(/C=C/C(=O)Nc2ccc(S(=O)(=O)Nc3nccs3)cc2)c1. The number of sulfonamides is 1. The number of benzene rings is 2. The zero-order valence-electron chi connectivity index (χ0n) is 14.4. The van der Waals surface area contributed by atoms with E-state index in [0.29, 0.717) is 10.8 Å². The van der Waals surface area contributed by atoms with Crippen molar-refractivity contribution in [3.05, 3.63) is 77.3 Å². The molecule has 1 amide bonds. The highest BCUT2D eigenvalue weighted by Gasteiger charge is 2.15. The second-order valence-corrected chi connectivity index (χ2v) is 8.28. The van der Waals surface area contributed by atoms with Gasteiger partial charge in [-0.1, -0.05) is 29.8 Å². The molecule has 1 aromatic heterocycles. The summed E-state index contributed by atoms with van der Waals surface area (Å²) in [6, 6.07) is 13.7. The molecule has 0 aliphatic rings. The van der Waals surface area contributed by atoms with Crippen LogP contribution in [0.1, 0.15) is 11.1 Å². The van der Waals surface area contributed by atoms with Crippen LogP contribution in [0, 0.1) is 6.92 Å². The van der Waals surface area contributed by atoms with E-state index in [0.717, 1.165) is 11.1 Å². The molecule has 27 heavy (non-hydrogen) atoms. The molecule has 1 heterocycles. The molecule has 0 spiro atoms. The third-order valence-electron chi connectivity index (χ3n) is 3.56. The van der Waals surface area contributed by atoms with Gasteiger partial charge in [-0.15, -0.1) is 11.3 Å². The summed E-state index contributed by atoms with van der Waals surface area (Å²) >= 11 is 1.19. The first-order valence-corrected chi connectivity index (χ1v) is 10.4. The quantitative estimate of drug-likeness (QED) is 0.615. The average molecular weight is 399 g/mol. The van der Waals surface area contributed by atoms with E-state index in [1.165, 1.54) is 47.9 Å². The van der Waals surface area contributed by atoms with Crippen LogP contribution in [-0.4, -0.2) is 19.3 Å². The topological polar surface area (TPSA) is 88.2 Å². The van der Waals surface area contributed by atoms with Gasteiger partial charge in [0.2, 0.25) is 5.91 Å². The normalized spacial score (nSPS) is 11.4. The average Bonchev–Trinajstić information content (AvgIpc) is 3.13. The molecule has 0 saturated carbocycles. The first kappa shape index (κ1) is 18.8. The van der Waals surface area contributed by atoms with Gasteiger partial charge in [-0.05, 0) is 42.8 Å². The number of nitrogens with zero attached hydrogens (tertiary/aromatic N) is 1. The lowest BCUT2D eigenvalue weighted by Gasteiger charge is -2.07. The van der Waals surface area contributed by atoms with E-state index in [9.17, 15) is 13.2 Å². The van der Waals surface area contributed by atoms with Crippen molar-refractivity contribution >= 4 is 44.2 Å². The van der Waals surface area contributed by atoms with Crippen molar-refractivity contribution in [2.24, 2.45) is 0 Å². The van der Waals surface area contributed by atoms with E-state index in [1.807, 2.05) is 31.2 Å². The van der Waals surface area contributed by atoms with Crippen LogP contribution in [0.3, 0.4) is 0 Å². The molecule has 6 nitrogen and oxygen atoms in total. The van der Waals surface area contributed by atoms with E-state index in [1.54, 1.807) is 11.5 Å².